The Morgan fingerprint density at radius 1 is 1.10 bits per heavy atom. The van der Waals surface area contributed by atoms with Gasteiger partial charge in [0.1, 0.15) is 5.76 Å². The minimum atomic E-state index is -0.355. The molecule has 0 aromatic carbocycles. The van der Waals surface area contributed by atoms with Crippen molar-refractivity contribution in [3.63, 3.8) is 0 Å². The van der Waals surface area contributed by atoms with Gasteiger partial charge >= 0.3 is 0 Å². The molecule has 0 spiro atoms. The number of rotatable bonds is 9. The first-order valence-electron chi connectivity index (χ1n) is 8.34. The van der Waals surface area contributed by atoms with Gasteiger partial charge in [0.25, 0.3) is 0 Å². The minimum Gasteiger partial charge on any atom is -0.493 e. The van der Waals surface area contributed by atoms with Crippen molar-refractivity contribution in [3.05, 3.63) is 23.0 Å². The summed E-state index contributed by atoms with van der Waals surface area (Å²) in [6.45, 7) is 9.33. The van der Waals surface area contributed by atoms with Crippen LogP contribution in [0.3, 0.4) is 0 Å². The lowest BCUT2D eigenvalue weighted by atomic mass is 9.86. The van der Waals surface area contributed by atoms with Gasteiger partial charge in [-0.2, -0.15) is 0 Å². The zero-order chi connectivity index (χ0) is 15.0. The highest BCUT2D eigenvalue weighted by atomic mass is 16.5. The van der Waals surface area contributed by atoms with Crippen LogP contribution in [0.25, 0.3) is 0 Å². The summed E-state index contributed by atoms with van der Waals surface area (Å²) in [6.07, 6.45) is 10.2. The Balaban J connectivity index is 0.00000400. The van der Waals surface area contributed by atoms with E-state index in [9.17, 15) is 5.11 Å². The van der Waals surface area contributed by atoms with Crippen LogP contribution in [0.1, 0.15) is 80.1 Å². The predicted octanol–water partition coefficient (Wildman–Crippen LogP) is 5.62. The molecule has 0 bridgehead atoms. The molecule has 0 saturated heterocycles. The van der Waals surface area contributed by atoms with Crippen molar-refractivity contribution in [2.24, 2.45) is 5.92 Å². The van der Waals surface area contributed by atoms with Crippen LogP contribution in [0.2, 0.25) is 0 Å². The molecule has 0 aromatic rings. The van der Waals surface area contributed by atoms with Crippen LogP contribution in [0.5, 0.6) is 0 Å². The molecule has 0 heterocycles. The summed E-state index contributed by atoms with van der Waals surface area (Å²) in [7, 11) is 0. The lowest BCUT2D eigenvalue weighted by molar-refractivity contribution is 0.154. The fourth-order valence-electron chi connectivity index (χ4n) is 2.68. The predicted molar refractivity (Wildman–Crippen MR) is 92.3 cm³/mol. The topological polar surface area (TPSA) is 29.5 Å². The molecule has 0 fully saturated rings. The summed E-state index contributed by atoms with van der Waals surface area (Å²) >= 11 is 0. The molecule has 0 aliphatic heterocycles. The number of unbranched alkanes of at least 4 members (excludes halogenated alkanes) is 5. The summed E-state index contributed by atoms with van der Waals surface area (Å²) in [5.74, 6) is 1.21. The lowest BCUT2D eigenvalue weighted by Gasteiger charge is -2.28. The van der Waals surface area contributed by atoms with Gasteiger partial charge in [-0.3, -0.25) is 0 Å². The maximum Gasteiger partial charge on any atom is 0.121 e. The van der Waals surface area contributed by atoms with Crippen molar-refractivity contribution in [2.45, 2.75) is 86.2 Å². The van der Waals surface area contributed by atoms with Gasteiger partial charge in [0, 0.05) is 5.92 Å². The minimum absolute atomic E-state index is 0. The summed E-state index contributed by atoms with van der Waals surface area (Å²) in [5, 5.41) is 9.99. The first kappa shape index (κ1) is 20.2. The van der Waals surface area contributed by atoms with E-state index in [2.05, 4.69) is 27.7 Å². The van der Waals surface area contributed by atoms with Gasteiger partial charge in [-0.15, -0.1) is 0 Å². The Bertz CT molecular complexity index is 341. The highest BCUT2D eigenvalue weighted by molar-refractivity contribution is 5.36. The number of allylic oxidation sites excluding steroid dienone is 1. The van der Waals surface area contributed by atoms with Crippen LogP contribution in [0.4, 0.5) is 0 Å². The van der Waals surface area contributed by atoms with E-state index >= 15 is 0 Å². The molecule has 21 heavy (non-hydrogen) atoms. The molecule has 0 saturated carbocycles. The van der Waals surface area contributed by atoms with E-state index in [-0.39, 0.29) is 19.4 Å². The molecule has 1 rings (SSSR count). The number of hydrogen-bond acceptors (Lipinski definition) is 2. The fraction of sp³-hybridized carbons (Fsp3) is 0.789. The molecule has 1 N–H and O–H groups in total. The van der Waals surface area contributed by atoms with Gasteiger partial charge < -0.3 is 9.84 Å². The summed E-state index contributed by atoms with van der Waals surface area (Å²) in [6, 6.07) is 0. The van der Waals surface area contributed by atoms with E-state index in [1.807, 2.05) is 6.08 Å². The van der Waals surface area contributed by atoms with Crippen LogP contribution in [0, 0.1) is 5.92 Å². The Morgan fingerprint density at radius 3 is 2.33 bits per heavy atom. The zero-order valence-corrected chi connectivity index (χ0v) is 13.7. The Kier molecular flexibility index (Phi) is 10.5. The highest BCUT2D eigenvalue weighted by Crippen LogP contribution is 2.32. The Morgan fingerprint density at radius 2 is 1.71 bits per heavy atom. The highest BCUT2D eigenvalue weighted by Gasteiger charge is 2.25. The average Bonchev–Trinajstić information content (AvgIpc) is 2.45. The number of ether oxygens (including phenoxy) is 1. The second-order valence-electron chi connectivity index (χ2n) is 5.95. The third-order valence-electron chi connectivity index (χ3n) is 4.34. The molecular weight excluding hydrogens is 260 g/mol. The Hall–Kier alpha value is -0.760. The van der Waals surface area contributed by atoms with Crippen LogP contribution >= 0.6 is 0 Å². The molecule has 1 aliphatic rings. The zero-order valence-electron chi connectivity index (χ0n) is 13.7. The number of hydrogen-bond donors (Lipinski definition) is 1. The van der Waals surface area contributed by atoms with E-state index in [1.54, 1.807) is 0 Å². The molecule has 0 radical (unpaired) electrons. The largest absolute Gasteiger partial charge is 0.493 e. The smallest absolute Gasteiger partial charge is 0.121 e. The van der Waals surface area contributed by atoms with Crippen molar-refractivity contribution in [3.8, 4) is 0 Å². The van der Waals surface area contributed by atoms with Crippen molar-refractivity contribution in [1.29, 1.82) is 0 Å². The normalized spacial score (nSPS) is 21.9. The monoisotopic (exact) mass is 296 g/mol. The molecule has 2 heteroatoms. The van der Waals surface area contributed by atoms with Gasteiger partial charge in [-0.05, 0) is 37.0 Å². The molecule has 0 amide bonds. The van der Waals surface area contributed by atoms with Crippen LogP contribution in [-0.2, 0) is 4.74 Å². The summed E-state index contributed by atoms with van der Waals surface area (Å²) in [5.41, 5.74) is 2.36. The van der Waals surface area contributed by atoms with Crippen LogP contribution < -0.4 is 0 Å². The maximum atomic E-state index is 9.99. The molecular formula is C19H36O2. The van der Waals surface area contributed by atoms with Crippen molar-refractivity contribution in [2.75, 3.05) is 6.61 Å². The van der Waals surface area contributed by atoms with E-state index in [4.69, 9.17) is 4.74 Å². The van der Waals surface area contributed by atoms with E-state index in [0.717, 1.165) is 25.2 Å². The lowest BCUT2D eigenvalue weighted by Crippen LogP contribution is -2.23. The van der Waals surface area contributed by atoms with Gasteiger partial charge in [0.15, 0.2) is 0 Å². The van der Waals surface area contributed by atoms with Crippen molar-refractivity contribution in [1.82, 2.24) is 0 Å². The van der Waals surface area contributed by atoms with Crippen molar-refractivity contribution >= 4 is 0 Å². The average molecular weight is 296 g/mol. The first-order chi connectivity index (χ1) is 9.61. The Labute approximate surface area is 132 Å². The third kappa shape index (κ3) is 6.25. The van der Waals surface area contributed by atoms with Crippen molar-refractivity contribution < 1.29 is 9.84 Å². The number of aliphatic hydroxyl groups excluding tert-OH is 1. The first-order valence-corrected chi connectivity index (χ1v) is 8.34. The van der Waals surface area contributed by atoms with Gasteiger partial charge in [-0.1, -0.05) is 60.3 Å². The molecule has 2 nitrogen and oxygen atoms in total. The second-order valence-corrected chi connectivity index (χ2v) is 5.95. The van der Waals surface area contributed by atoms with E-state index < -0.39 is 0 Å². The maximum absolute atomic E-state index is 9.99. The molecule has 2 unspecified atom stereocenters. The van der Waals surface area contributed by atoms with Gasteiger partial charge in [-0.25, -0.2) is 0 Å². The standard InChI is InChI=1S/C18H32O2.CH4/c1-5-7-8-9-10-11-12-20-18-15(4)14(3)17(19)13-16(18)6-2;/h13-14,17,19H,5-12H2,1-4H3;1H4. The molecule has 1 aliphatic carbocycles. The van der Waals surface area contributed by atoms with Gasteiger partial charge in [0.2, 0.25) is 0 Å². The number of aliphatic hydroxyl groups is 1. The third-order valence-corrected chi connectivity index (χ3v) is 4.34. The summed E-state index contributed by atoms with van der Waals surface area (Å²) < 4.78 is 6.02. The second kappa shape index (κ2) is 10.9. The molecule has 2 atom stereocenters. The SMILES string of the molecule is C.CCCCCCCCOC1=C(C)C(C)C(O)C=C1CC. The fourth-order valence-corrected chi connectivity index (χ4v) is 2.68. The van der Waals surface area contributed by atoms with Gasteiger partial charge in [0.05, 0.1) is 12.7 Å². The molecule has 0 aromatic heterocycles. The molecule has 124 valence electrons. The van der Waals surface area contributed by atoms with E-state index in [0.29, 0.717) is 0 Å². The quantitative estimate of drug-likeness (QED) is 0.559. The van der Waals surface area contributed by atoms with E-state index in [1.165, 1.54) is 43.3 Å². The summed E-state index contributed by atoms with van der Waals surface area (Å²) in [4.78, 5) is 0. The van der Waals surface area contributed by atoms with Crippen LogP contribution in [-0.4, -0.2) is 17.8 Å². The van der Waals surface area contributed by atoms with Crippen LogP contribution in [0.15, 0.2) is 23.0 Å².